The first-order valence-corrected chi connectivity index (χ1v) is 13.1. The van der Waals surface area contributed by atoms with Gasteiger partial charge in [-0.2, -0.15) is 5.26 Å². The Morgan fingerprint density at radius 2 is 1.60 bits per heavy atom. The molecule has 1 saturated heterocycles. The quantitative estimate of drug-likeness (QED) is 0.145. The second-order valence-corrected chi connectivity index (χ2v) is 10.4. The standard InChI is InChI=1S/C32H29N3O5/c1-20(36)40-34-28(19-33)30(37)22-10-8-21(9-11-22)29-25-7-5-4-6-24(25)27-18-23(12-13-26(27)29)31(38)32(2,3)35-14-16-39-17-15-35/h4-13,18,29H,14-17H2,1-3H3/b34-28+. The van der Waals surface area contributed by atoms with Crippen molar-refractivity contribution in [1.82, 2.24) is 4.90 Å². The van der Waals surface area contributed by atoms with Crippen molar-refractivity contribution < 1.29 is 24.0 Å². The molecule has 40 heavy (non-hydrogen) atoms. The number of Topliss-reactive ketones (excluding diaryl/α,β-unsaturated/α-hetero) is 2. The number of oxime groups is 1. The van der Waals surface area contributed by atoms with Crippen LogP contribution in [0.25, 0.3) is 11.1 Å². The van der Waals surface area contributed by atoms with Crippen molar-refractivity contribution in [3.8, 4) is 17.2 Å². The number of hydrogen-bond donors (Lipinski definition) is 0. The molecule has 0 amide bonds. The minimum absolute atomic E-state index is 0.0738. The van der Waals surface area contributed by atoms with E-state index >= 15 is 0 Å². The van der Waals surface area contributed by atoms with Gasteiger partial charge in [0.2, 0.25) is 11.5 Å². The van der Waals surface area contributed by atoms with Gasteiger partial charge in [-0.05, 0) is 47.7 Å². The van der Waals surface area contributed by atoms with E-state index in [4.69, 9.17) is 4.74 Å². The first kappa shape index (κ1) is 27.1. The average Bonchev–Trinajstić information content (AvgIpc) is 3.31. The number of nitriles is 1. The van der Waals surface area contributed by atoms with Crippen LogP contribution in [-0.4, -0.2) is 60.0 Å². The number of fused-ring (bicyclic) bond motifs is 3. The van der Waals surface area contributed by atoms with E-state index in [9.17, 15) is 19.6 Å². The average molecular weight is 536 g/mol. The van der Waals surface area contributed by atoms with E-state index in [1.807, 2.05) is 56.3 Å². The number of rotatable bonds is 7. The molecule has 1 aliphatic heterocycles. The molecule has 2 aliphatic rings. The smallest absolute Gasteiger partial charge is 0.332 e. The fourth-order valence-corrected chi connectivity index (χ4v) is 5.51. The molecular formula is C32H29N3O5. The van der Waals surface area contributed by atoms with Crippen molar-refractivity contribution in [1.29, 1.82) is 5.26 Å². The summed E-state index contributed by atoms with van der Waals surface area (Å²) >= 11 is 0. The number of ether oxygens (including phenoxy) is 1. The Bertz CT molecular complexity index is 1560. The molecule has 3 aromatic rings. The zero-order valence-corrected chi connectivity index (χ0v) is 22.6. The molecule has 3 aromatic carbocycles. The SMILES string of the molecule is CC(=O)O/N=C(\C#N)C(=O)c1ccc(C2c3ccccc3-c3cc(C(=O)C(C)(C)N4CCOCC4)ccc32)cc1. The van der Waals surface area contributed by atoms with Gasteiger partial charge in [0.25, 0.3) is 0 Å². The summed E-state index contributed by atoms with van der Waals surface area (Å²) in [5, 5.41) is 12.6. The van der Waals surface area contributed by atoms with Gasteiger partial charge in [-0.25, -0.2) is 4.79 Å². The molecule has 1 heterocycles. The van der Waals surface area contributed by atoms with E-state index < -0.39 is 23.0 Å². The fourth-order valence-electron chi connectivity index (χ4n) is 5.51. The minimum Gasteiger partial charge on any atom is -0.379 e. The van der Waals surface area contributed by atoms with Crippen molar-refractivity contribution in [3.05, 3.63) is 94.5 Å². The maximum Gasteiger partial charge on any atom is 0.332 e. The lowest BCUT2D eigenvalue weighted by Crippen LogP contribution is -2.54. The fraction of sp³-hybridized carbons (Fsp3) is 0.281. The molecule has 1 unspecified atom stereocenters. The van der Waals surface area contributed by atoms with Crippen LogP contribution in [0.5, 0.6) is 0 Å². The van der Waals surface area contributed by atoms with Gasteiger partial charge in [0.05, 0.1) is 18.8 Å². The number of hydrogen-bond acceptors (Lipinski definition) is 8. The normalized spacial score (nSPS) is 16.9. The summed E-state index contributed by atoms with van der Waals surface area (Å²) in [5.41, 5.74) is 5.02. The molecule has 1 fully saturated rings. The van der Waals surface area contributed by atoms with E-state index in [1.165, 1.54) is 0 Å². The van der Waals surface area contributed by atoms with Crippen molar-refractivity contribution in [3.63, 3.8) is 0 Å². The first-order valence-electron chi connectivity index (χ1n) is 13.1. The van der Waals surface area contributed by atoms with Crippen molar-refractivity contribution in [2.75, 3.05) is 26.3 Å². The highest BCUT2D eigenvalue weighted by Crippen LogP contribution is 2.48. The number of morpholine rings is 1. The Hall–Kier alpha value is -4.45. The van der Waals surface area contributed by atoms with Gasteiger partial charge < -0.3 is 9.57 Å². The molecule has 5 rings (SSSR count). The first-order chi connectivity index (χ1) is 19.2. The van der Waals surface area contributed by atoms with Gasteiger partial charge in [0.15, 0.2) is 5.78 Å². The summed E-state index contributed by atoms with van der Waals surface area (Å²) in [6, 6.07) is 22.7. The zero-order chi connectivity index (χ0) is 28.4. The molecule has 0 N–H and O–H groups in total. The van der Waals surface area contributed by atoms with Gasteiger partial charge in [-0.1, -0.05) is 65.8 Å². The number of benzene rings is 3. The third-order valence-corrected chi connectivity index (χ3v) is 7.64. The van der Waals surface area contributed by atoms with E-state index in [-0.39, 0.29) is 17.3 Å². The molecule has 1 atom stereocenters. The van der Waals surface area contributed by atoms with E-state index in [2.05, 4.69) is 27.0 Å². The predicted molar refractivity (Wildman–Crippen MR) is 149 cm³/mol. The van der Waals surface area contributed by atoms with Crippen LogP contribution in [0.2, 0.25) is 0 Å². The zero-order valence-electron chi connectivity index (χ0n) is 22.6. The molecule has 0 saturated carbocycles. The molecule has 0 radical (unpaired) electrons. The number of carbonyl (C=O) groups excluding carboxylic acids is 3. The third kappa shape index (κ3) is 4.97. The summed E-state index contributed by atoms with van der Waals surface area (Å²) in [7, 11) is 0. The Morgan fingerprint density at radius 3 is 2.27 bits per heavy atom. The van der Waals surface area contributed by atoms with Crippen molar-refractivity contribution in [2.24, 2.45) is 5.16 Å². The van der Waals surface area contributed by atoms with Crippen LogP contribution in [0, 0.1) is 11.3 Å². The predicted octanol–water partition coefficient (Wildman–Crippen LogP) is 4.77. The summed E-state index contributed by atoms with van der Waals surface area (Å²) in [6.07, 6.45) is 0. The number of nitrogens with zero attached hydrogens (tertiary/aromatic N) is 3. The molecule has 1 aliphatic carbocycles. The Morgan fingerprint density at radius 1 is 0.950 bits per heavy atom. The monoisotopic (exact) mass is 535 g/mol. The van der Waals surface area contributed by atoms with Crippen LogP contribution >= 0.6 is 0 Å². The van der Waals surface area contributed by atoms with Gasteiger partial charge >= 0.3 is 5.97 Å². The van der Waals surface area contributed by atoms with Crippen LogP contribution in [-0.2, 0) is 14.4 Å². The number of ketones is 2. The Labute approximate surface area is 232 Å². The Kier molecular flexibility index (Phi) is 7.44. The second kappa shape index (κ2) is 11.0. The molecule has 8 nitrogen and oxygen atoms in total. The van der Waals surface area contributed by atoms with E-state index in [1.54, 1.807) is 18.2 Å². The molecule has 0 bridgehead atoms. The lowest BCUT2D eigenvalue weighted by Gasteiger charge is -2.39. The maximum absolute atomic E-state index is 13.7. The molecule has 0 aromatic heterocycles. The van der Waals surface area contributed by atoms with Crippen LogP contribution < -0.4 is 0 Å². The summed E-state index contributed by atoms with van der Waals surface area (Å²) < 4.78 is 5.48. The van der Waals surface area contributed by atoms with Crippen LogP contribution in [0.1, 0.15) is 64.1 Å². The minimum atomic E-state index is -0.719. The van der Waals surface area contributed by atoms with Crippen molar-refractivity contribution >= 4 is 23.2 Å². The second-order valence-electron chi connectivity index (χ2n) is 10.4. The summed E-state index contributed by atoms with van der Waals surface area (Å²) in [6.45, 7) is 7.77. The summed E-state index contributed by atoms with van der Waals surface area (Å²) in [5.74, 6) is -1.36. The highest BCUT2D eigenvalue weighted by molar-refractivity contribution is 6.51. The largest absolute Gasteiger partial charge is 0.379 e. The molecule has 202 valence electrons. The van der Waals surface area contributed by atoms with Gasteiger partial charge in [-0.3, -0.25) is 14.5 Å². The third-order valence-electron chi connectivity index (χ3n) is 7.64. The highest BCUT2D eigenvalue weighted by Gasteiger charge is 2.37. The molecular weight excluding hydrogens is 506 g/mol. The molecule has 8 heteroatoms. The van der Waals surface area contributed by atoms with Crippen LogP contribution in [0.4, 0.5) is 0 Å². The lowest BCUT2D eigenvalue weighted by molar-refractivity contribution is -0.140. The van der Waals surface area contributed by atoms with Gasteiger partial charge in [0, 0.05) is 37.1 Å². The summed E-state index contributed by atoms with van der Waals surface area (Å²) in [4.78, 5) is 44.1. The van der Waals surface area contributed by atoms with Crippen LogP contribution in [0.3, 0.4) is 0 Å². The topological polar surface area (TPSA) is 109 Å². The lowest BCUT2D eigenvalue weighted by atomic mass is 9.86. The highest BCUT2D eigenvalue weighted by atomic mass is 16.7. The van der Waals surface area contributed by atoms with Gasteiger partial charge in [-0.15, -0.1) is 0 Å². The Balaban J connectivity index is 1.47. The number of carbonyl (C=O) groups is 3. The van der Waals surface area contributed by atoms with Crippen LogP contribution in [0.15, 0.2) is 71.9 Å². The maximum atomic E-state index is 13.7. The van der Waals surface area contributed by atoms with Crippen molar-refractivity contribution in [2.45, 2.75) is 32.2 Å². The molecule has 0 spiro atoms. The van der Waals surface area contributed by atoms with E-state index in [0.29, 0.717) is 18.8 Å². The van der Waals surface area contributed by atoms with E-state index in [0.717, 1.165) is 47.8 Å². The van der Waals surface area contributed by atoms with Gasteiger partial charge in [0.1, 0.15) is 6.07 Å².